The lowest BCUT2D eigenvalue weighted by Crippen LogP contribution is -2.45. The Bertz CT molecular complexity index is 1650. The van der Waals surface area contributed by atoms with E-state index >= 15 is 0 Å². The van der Waals surface area contributed by atoms with Gasteiger partial charge in [-0.05, 0) is 57.6 Å². The molecule has 1 spiro atoms. The maximum absolute atomic E-state index is 6.29. The number of furan rings is 1. The van der Waals surface area contributed by atoms with Gasteiger partial charge in [-0.2, -0.15) is 5.10 Å². The van der Waals surface area contributed by atoms with Gasteiger partial charge in [0.05, 0.1) is 16.9 Å². The van der Waals surface area contributed by atoms with Crippen LogP contribution in [0.4, 0.5) is 5.82 Å². The van der Waals surface area contributed by atoms with Gasteiger partial charge in [0.2, 0.25) is 0 Å². The van der Waals surface area contributed by atoms with Gasteiger partial charge in [-0.25, -0.2) is 4.98 Å². The zero-order valence-corrected chi connectivity index (χ0v) is 21.2. The average Bonchev–Trinajstić information content (AvgIpc) is 3.27. The molecular formula is C28H28N6OS. The Labute approximate surface area is 212 Å². The van der Waals surface area contributed by atoms with E-state index in [0.29, 0.717) is 29.0 Å². The van der Waals surface area contributed by atoms with Crippen molar-refractivity contribution in [3.8, 4) is 22.5 Å². The maximum Gasteiger partial charge on any atom is 0.177 e. The molecule has 5 aromatic rings. The summed E-state index contributed by atoms with van der Waals surface area (Å²) in [5.74, 6) is 2.02. The lowest BCUT2D eigenvalue weighted by Gasteiger charge is -2.43. The van der Waals surface area contributed by atoms with E-state index in [4.69, 9.17) is 15.2 Å². The zero-order valence-electron chi connectivity index (χ0n) is 20.4. The highest BCUT2D eigenvalue weighted by atomic mass is 32.1. The molecule has 7 nitrogen and oxygen atoms in total. The molecule has 5 aromatic heterocycles. The summed E-state index contributed by atoms with van der Waals surface area (Å²) in [4.78, 5) is 11.5. The van der Waals surface area contributed by atoms with E-state index in [-0.39, 0.29) is 0 Å². The molecule has 3 unspecified atom stereocenters. The Balaban J connectivity index is 1.15. The molecule has 2 N–H and O–H groups in total. The van der Waals surface area contributed by atoms with E-state index in [1.807, 2.05) is 30.9 Å². The van der Waals surface area contributed by atoms with Gasteiger partial charge in [-0.1, -0.05) is 0 Å². The lowest BCUT2D eigenvalue weighted by atomic mass is 9.63. The topological polar surface area (TPSA) is 85.8 Å². The Morgan fingerprint density at radius 1 is 1.17 bits per heavy atom. The Hall–Kier alpha value is -3.23. The van der Waals surface area contributed by atoms with E-state index in [1.165, 1.54) is 25.7 Å². The molecule has 3 fully saturated rings. The predicted molar refractivity (Wildman–Crippen MR) is 143 cm³/mol. The normalized spacial score (nSPS) is 28.9. The molecule has 0 radical (unpaired) electrons. The van der Waals surface area contributed by atoms with E-state index in [0.717, 1.165) is 49.9 Å². The van der Waals surface area contributed by atoms with E-state index < -0.39 is 0 Å². The van der Waals surface area contributed by atoms with Crippen LogP contribution in [0.25, 0.3) is 43.5 Å². The fraction of sp³-hybridized carbons (Fsp3) is 0.393. The first kappa shape index (κ1) is 20.9. The summed E-state index contributed by atoms with van der Waals surface area (Å²) in [6, 6.07) is 5.93. The van der Waals surface area contributed by atoms with Gasteiger partial charge in [0, 0.05) is 75.3 Å². The van der Waals surface area contributed by atoms with Crippen LogP contribution in [0.3, 0.4) is 0 Å². The summed E-state index contributed by atoms with van der Waals surface area (Å²) < 4.78 is 9.63. The van der Waals surface area contributed by atoms with Crippen LogP contribution in [0.5, 0.6) is 0 Å². The molecule has 3 aliphatic rings. The number of nitrogens with zero attached hydrogens (tertiary/aromatic N) is 5. The molecule has 0 aromatic carbocycles. The van der Waals surface area contributed by atoms with Crippen LogP contribution >= 0.6 is 11.3 Å². The lowest BCUT2D eigenvalue weighted by molar-refractivity contribution is 0.104. The molecule has 1 aliphatic heterocycles. The van der Waals surface area contributed by atoms with Crippen molar-refractivity contribution in [2.75, 3.05) is 5.73 Å². The number of anilines is 1. The van der Waals surface area contributed by atoms with Crippen LogP contribution in [0, 0.1) is 5.92 Å². The fourth-order valence-corrected chi connectivity index (χ4v) is 8.31. The van der Waals surface area contributed by atoms with E-state index in [1.54, 1.807) is 11.3 Å². The summed E-state index contributed by atoms with van der Waals surface area (Å²) >= 11 is 1.67. The molecule has 8 heteroatoms. The third kappa shape index (κ3) is 2.69. The molecule has 8 rings (SSSR count). The second-order valence-corrected chi connectivity index (χ2v) is 11.9. The standard InChI is InChI=1S/C28H28N6OS/c1-15(2)34-25-8-18(7-17-3-5-28(17,25)34)33-13-16(10-32-33)21-11-31-27(29)26-20(21)9-23(35-26)22-14-36-24-12-30-6-4-19(22)24/h4,6,9-15,17-18,25H,3,5,7-8H2,1-2H3,(H2,29,31)/t17?,18-,25-,28?,34?/m0/s1. The highest BCUT2D eigenvalue weighted by Gasteiger charge is 2.73. The van der Waals surface area contributed by atoms with Gasteiger partial charge in [-0.15, -0.1) is 11.3 Å². The van der Waals surface area contributed by atoms with Gasteiger partial charge in [0.1, 0.15) is 5.76 Å². The number of hydrogen-bond donors (Lipinski definition) is 1. The van der Waals surface area contributed by atoms with Crippen molar-refractivity contribution in [3.05, 3.63) is 48.5 Å². The number of fused-ring (bicyclic) bond motifs is 2. The zero-order chi connectivity index (χ0) is 24.2. The molecule has 0 amide bonds. The summed E-state index contributed by atoms with van der Waals surface area (Å²) in [7, 11) is 0. The van der Waals surface area contributed by atoms with Crippen LogP contribution < -0.4 is 5.73 Å². The molecule has 2 aliphatic carbocycles. The summed E-state index contributed by atoms with van der Waals surface area (Å²) in [5.41, 5.74) is 10.5. The van der Waals surface area contributed by atoms with Gasteiger partial charge in [0.25, 0.3) is 0 Å². The second kappa shape index (κ2) is 7.17. The third-order valence-electron chi connectivity index (χ3n) is 9.05. The van der Waals surface area contributed by atoms with E-state index in [9.17, 15) is 0 Å². The molecule has 6 heterocycles. The van der Waals surface area contributed by atoms with E-state index in [2.05, 4.69) is 51.0 Å². The Kier molecular flexibility index (Phi) is 4.17. The van der Waals surface area contributed by atoms with Crippen molar-refractivity contribution in [2.45, 2.75) is 63.2 Å². The highest BCUT2D eigenvalue weighted by Crippen LogP contribution is 2.67. The quantitative estimate of drug-likeness (QED) is 0.301. The van der Waals surface area contributed by atoms with Crippen LogP contribution in [0.15, 0.2) is 52.9 Å². The number of aromatic nitrogens is 4. The van der Waals surface area contributed by atoms with Crippen molar-refractivity contribution in [3.63, 3.8) is 0 Å². The number of pyridine rings is 2. The molecular weight excluding hydrogens is 468 g/mol. The van der Waals surface area contributed by atoms with Crippen molar-refractivity contribution in [1.29, 1.82) is 0 Å². The van der Waals surface area contributed by atoms with Crippen molar-refractivity contribution < 1.29 is 4.42 Å². The predicted octanol–water partition coefficient (Wildman–Crippen LogP) is 6.13. The number of rotatable bonds is 4. The molecule has 5 atom stereocenters. The van der Waals surface area contributed by atoms with Crippen LogP contribution in [0.2, 0.25) is 0 Å². The van der Waals surface area contributed by atoms with Crippen molar-refractivity contribution in [2.24, 2.45) is 5.92 Å². The van der Waals surface area contributed by atoms with Crippen LogP contribution in [-0.2, 0) is 0 Å². The largest absolute Gasteiger partial charge is 0.452 e. The molecule has 182 valence electrons. The number of nitrogen functional groups attached to an aromatic ring is 1. The molecule has 0 bridgehead atoms. The Morgan fingerprint density at radius 3 is 2.92 bits per heavy atom. The summed E-state index contributed by atoms with van der Waals surface area (Å²) in [6.45, 7) is 4.69. The number of nitrogens with two attached hydrogens (primary N) is 1. The first-order chi connectivity index (χ1) is 17.5. The average molecular weight is 497 g/mol. The molecule has 36 heavy (non-hydrogen) atoms. The highest BCUT2D eigenvalue weighted by molar-refractivity contribution is 7.17. The van der Waals surface area contributed by atoms with Gasteiger partial charge in [-0.3, -0.25) is 14.6 Å². The number of likely N-dealkylation sites (tertiary alicyclic amines) is 1. The summed E-state index contributed by atoms with van der Waals surface area (Å²) in [5, 5.41) is 9.08. The van der Waals surface area contributed by atoms with Crippen molar-refractivity contribution in [1.82, 2.24) is 24.6 Å². The first-order valence-electron chi connectivity index (χ1n) is 12.9. The van der Waals surface area contributed by atoms with Crippen molar-refractivity contribution >= 4 is 38.2 Å². The van der Waals surface area contributed by atoms with Crippen LogP contribution in [0.1, 0.15) is 45.6 Å². The van der Waals surface area contributed by atoms with Gasteiger partial charge < -0.3 is 10.2 Å². The number of hydrogen-bond acceptors (Lipinski definition) is 7. The number of thiophene rings is 1. The minimum absolute atomic E-state index is 0.407. The minimum Gasteiger partial charge on any atom is -0.452 e. The van der Waals surface area contributed by atoms with Gasteiger partial charge in [0.15, 0.2) is 11.4 Å². The fourth-order valence-electron chi connectivity index (χ4n) is 7.39. The molecule has 2 saturated carbocycles. The van der Waals surface area contributed by atoms with Crippen LogP contribution in [-0.4, -0.2) is 42.3 Å². The monoisotopic (exact) mass is 496 g/mol. The van der Waals surface area contributed by atoms with Gasteiger partial charge >= 0.3 is 0 Å². The smallest absolute Gasteiger partial charge is 0.177 e. The second-order valence-electron chi connectivity index (χ2n) is 11.0. The maximum atomic E-state index is 6.29. The minimum atomic E-state index is 0.407. The Morgan fingerprint density at radius 2 is 2.08 bits per heavy atom. The molecule has 1 saturated heterocycles. The summed E-state index contributed by atoms with van der Waals surface area (Å²) in [6.07, 6.45) is 14.9. The first-order valence-corrected chi connectivity index (χ1v) is 13.7. The third-order valence-corrected chi connectivity index (χ3v) is 9.99. The SMILES string of the molecule is CC(C)N1[C@H]2C[C@@H](n3cc(-c4cnc(N)c5oc(-c6csc7cnccc67)cc45)cn3)CC3CCC321.